The van der Waals surface area contributed by atoms with Crippen LogP contribution in [-0.4, -0.2) is 35.1 Å². The van der Waals surface area contributed by atoms with Gasteiger partial charge in [-0.05, 0) is 42.8 Å². The number of amides is 1. The highest BCUT2D eigenvalue weighted by atomic mass is 16.5. The number of aryl methyl sites for hydroxylation is 1. The molecule has 6 heteroatoms. The maximum atomic E-state index is 12.1. The molecule has 0 aliphatic heterocycles. The summed E-state index contributed by atoms with van der Waals surface area (Å²) in [6.07, 6.45) is 2.62. The summed E-state index contributed by atoms with van der Waals surface area (Å²) in [4.78, 5) is 27.9. The molecule has 0 aliphatic carbocycles. The largest absolute Gasteiger partial charge is 0.465 e. The Morgan fingerprint density at radius 1 is 1.08 bits per heavy atom. The van der Waals surface area contributed by atoms with Gasteiger partial charge in [-0.25, -0.2) is 9.78 Å². The second kappa shape index (κ2) is 7.61. The van der Waals surface area contributed by atoms with Gasteiger partial charge in [0, 0.05) is 18.7 Å². The lowest BCUT2D eigenvalue weighted by Crippen LogP contribution is -2.25. The first-order valence-corrected chi connectivity index (χ1v) is 8.05. The normalized spacial score (nSPS) is 10.6. The fourth-order valence-electron chi connectivity index (χ4n) is 2.62. The van der Waals surface area contributed by atoms with E-state index in [0.29, 0.717) is 17.7 Å². The number of esters is 1. The van der Waals surface area contributed by atoms with Gasteiger partial charge in [0.15, 0.2) is 0 Å². The number of ether oxygens (including phenoxy) is 1. The lowest BCUT2D eigenvalue weighted by molar-refractivity contribution is 0.0600. The van der Waals surface area contributed by atoms with E-state index >= 15 is 0 Å². The van der Waals surface area contributed by atoms with Crippen LogP contribution >= 0.6 is 0 Å². The summed E-state index contributed by atoms with van der Waals surface area (Å²) in [5.74, 6) is -0.577. The van der Waals surface area contributed by atoms with E-state index in [9.17, 15) is 9.59 Å². The third kappa shape index (κ3) is 3.85. The number of benzene rings is 2. The number of hydrogen-bond acceptors (Lipinski definition) is 4. The number of nitrogens with zero attached hydrogens (tertiary/aromatic N) is 2. The van der Waals surface area contributed by atoms with Crippen LogP contribution in [0.1, 0.15) is 27.1 Å². The van der Waals surface area contributed by atoms with Gasteiger partial charge in [-0.2, -0.15) is 0 Å². The van der Waals surface area contributed by atoms with Crippen LogP contribution in [0.5, 0.6) is 0 Å². The SMILES string of the molecule is COC(=O)c1ccc(C(=O)NCCCn2cnc3ccccc32)cc1. The maximum absolute atomic E-state index is 12.1. The molecule has 1 heterocycles. The Morgan fingerprint density at radius 2 is 1.80 bits per heavy atom. The van der Waals surface area contributed by atoms with Crippen LogP contribution in [0.3, 0.4) is 0 Å². The molecule has 1 aromatic heterocycles. The summed E-state index contributed by atoms with van der Waals surface area (Å²) >= 11 is 0. The van der Waals surface area contributed by atoms with Crippen molar-refractivity contribution in [1.29, 1.82) is 0 Å². The lowest BCUT2D eigenvalue weighted by atomic mass is 10.1. The monoisotopic (exact) mass is 337 g/mol. The van der Waals surface area contributed by atoms with E-state index in [1.165, 1.54) is 7.11 Å². The van der Waals surface area contributed by atoms with Gasteiger partial charge in [0.05, 0.1) is 30.0 Å². The van der Waals surface area contributed by atoms with Crippen LogP contribution < -0.4 is 5.32 Å². The van der Waals surface area contributed by atoms with Gasteiger partial charge >= 0.3 is 5.97 Å². The Balaban J connectivity index is 1.50. The average molecular weight is 337 g/mol. The van der Waals surface area contributed by atoms with Gasteiger partial charge in [0.2, 0.25) is 0 Å². The molecule has 3 rings (SSSR count). The number of rotatable bonds is 6. The number of methoxy groups -OCH3 is 1. The molecule has 0 saturated heterocycles. The molecule has 0 unspecified atom stereocenters. The Labute approximate surface area is 145 Å². The minimum atomic E-state index is -0.417. The standard InChI is InChI=1S/C19H19N3O3/c1-25-19(24)15-9-7-14(8-10-15)18(23)20-11-4-12-22-13-21-16-5-2-3-6-17(16)22/h2-3,5-10,13H,4,11-12H2,1H3,(H,20,23). The predicted molar refractivity (Wildman–Crippen MR) is 94.5 cm³/mol. The molecule has 6 nitrogen and oxygen atoms in total. The van der Waals surface area contributed by atoms with Crippen molar-refractivity contribution in [2.24, 2.45) is 0 Å². The molecule has 0 bridgehead atoms. The zero-order valence-corrected chi connectivity index (χ0v) is 13.9. The lowest BCUT2D eigenvalue weighted by Gasteiger charge is -2.07. The quantitative estimate of drug-likeness (QED) is 0.554. The number of fused-ring (bicyclic) bond motifs is 1. The number of nitrogens with one attached hydrogen (secondary N) is 1. The Morgan fingerprint density at radius 3 is 2.56 bits per heavy atom. The first kappa shape index (κ1) is 16.7. The highest BCUT2D eigenvalue weighted by Crippen LogP contribution is 2.12. The van der Waals surface area contributed by atoms with E-state index in [2.05, 4.69) is 19.6 Å². The minimum Gasteiger partial charge on any atom is -0.465 e. The predicted octanol–water partition coefficient (Wildman–Crippen LogP) is 2.64. The smallest absolute Gasteiger partial charge is 0.337 e. The molecule has 0 fully saturated rings. The molecule has 1 amide bonds. The number of para-hydroxylation sites is 2. The molecule has 25 heavy (non-hydrogen) atoms. The van der Waals surface area contributed by atoms with Crippen molar-refractivity contribution in [3.63, 3.8) is 0 Å². The molecular formula is C19H19N3O3. The Kier molecular flexibility index (Phi) is 5.09. The summed E-state index contributed by atoms with van der Waals surface area (Å²) < 4.78 is 6.71. The van der Waals surface area contributed by atoms with E-state index in [4.69, 9.17) is 0 Å². The number of hydrogen-bond donors (Lipinski definition) is 1. The van der Waals surface area contributed by atoms with E-state index in [1.807, 2.05) is 30.6 Å². The van der Waals surface area contributed by atoms with Crippen LogP contribution in [0.2, 0.25) is 0 Å². The Bertz CT molecular complexity index is 884. The summed E-state index contributed by atoms with van der Waals surface area (Å²) in [7, 11) is 1.33. The molecule has 1 N–H and O–H groups in total. The Hall–Kier alpha value is -3.15. The molecule has 3 aromatic rings. The third-order valence-electron chi connectivity index (χ3n) is 3.96. The van der Waals surface area contributed by atoms with Gasteiger partial charge in [-0.3, -0.25) is 4.79 Å². The maximum Gasteiger partial charge on any atom is 0.337 e. The highest BCUT2D eigenvalue weighted by molar-refractivity contribution is 5.96. The first-order valence-electron chi connectivity index (χ1n) is 8.05. The summed E-state index contributed by atoms with van der Waals surface area (Å²) in [5, 5.41) is 2.88. The van der Waals surface area contributed by atoms with E-state index in [0.717, 1.165) is 24.0 Å². The second-order valence-electron chi connectivity index (χ2n) is 5.61. The van der Waals surface area contributed by atoms with Gasteiger partial charge < -0.3 is 14.6 Å². The summed E-state index contributed by atoms with van der Waals surface area (Å²) in [5.41, 5.74) is 3.00. The van der Waals surface area contributed by atoms with E-state index < -0.39 is 5.97 Å². The van der Waals surface area contributed by atoms with Crippen LogP contribution in [0.4, 0.5) is 0 Å². The molecule has 0 radical (unpaired) electrons. The summed E-state index contributed by atoms with van der Waals surface area (Å²) in [6.45, 7) is 1.34. The van der Waals surface area contributed by atoms with Gasteiger partial charge in [0.25, 0.3) is 5.91 Å². The van der Waals surface area contributed by atoms with Crippen molar-refractivity contribution in [2.45, 2.75) is 13.0 Å². The molecular weight excluding hydrogens is 318 g/mol. The molecule has 0 spiro atoms. The van der Waals surface area contributed by atoms with Crippen molar-refractivity contribution in [1.82, 2.24) is 14.9 Å². The van der Waals surface area contributed by atoms with Crippen molar-refractivity contribution in [3.05, 3.63) is 66.0 Å². The van der Waals surface area contributed by atoms with Crippen LogP contribution in [0.25, 0.3) is 11.0 Å². The van der Waals surface area contributed by atoms with Crippen molar-refractivity contribution < 1.29 is 14.3 Å². The van der Waals surface area contributed by atoms with Crippen LogP contribution in [0, 0.1) is 0 Å². The number of carbonyl (C=O) groups excluding carboxylic acids is 2. The van der Waals surface area contributed by atoms with Crippen molar-refractivity contribution in [2.75, 3.05) is 13.7 Å². The number of carbonyl (C=O) groups is 2. The van der Waals surface area contributed by atoms with Gasteiger partial charge in [0.1, 0.15) is 0 Å². The fourth-order valence-corrected chi connectivity index (χ4v) is 2.62. The van der Waals surface area contributed by atoms with Gasteiger partial charge in [-0.15, -0.1) is 0 Å². The molecule has 2 aromatic carbocycles. The fraction of sp³-hybridized carbons (Fsp3) is 0.211. The molecule has 128 valence electrons. The zero-order chi connectivity index (χ0) is 17.6. The van der Waals surface area contributed by atoms with Crippen LogP contribution in [0.15, 0.2) is 54.9 Å². The first-order chi connectivity index (χ1) is 12.2. The molecule has 0 saturated carbocycles. The van der Waals surface area contributed by atoms with E-state index in [1.54, 1.807) is 24.3 Å². The number of imidazole rings is 1. The van der Waals surface area contributed by atoms with Crippen LogP contribution in [-0.2, 0) is 11.3 Å². The summed E-state index contributed by atoms with van der Waals surface area (Å²) in [6, 6.07) is 14.4. The van der Waals surface area contributed by atoms with Crippen molar-refractivity contribution in [3.8, 4) is 0 Å². The minimum absolute atomic E-state index is 0.160. The highest BCUT2D eigenvalue weighted by Gasteiger charge is 2.08. The number of aromatic nitrogens is 2. The zero-order valence-electron chi connectivity index (χ0n) is 13.9. The molecule has 0 atom stereocenters. The van der Waals surface area contributed by atoms with Gasteiger partial charge in [-0.1, -0.05) is 12.1 Å². The van der Waals surface area contributed by atoms with E-state index in [-0.39, 0.29) is 5.91 Å². The average Bonchev–Trinajstić information content (AvgIpc) is 3.07. The topological polar surface area (TPSA) is 73.2 Å². The second-order valence-corrected chi connectivity index (χ2v) is 5.61. The third-order valence-corrected chi connectivity index (χ3v) is 3.96. The van der Waals surface area contributed by atoms with Crippen molar-refractivity contribution >= 4 is 22.9 Å². The molecule has 0 aliphatic rings.